The molecule has 1 aromatic heterocycles. The van der Waals surface area contributed by atoms with Gasteiger partial charge in [-0.05, 0) is 71.1 Å². The van der Waals surface area contributed by atoms with Crippen molar-refractivity contribution in [2.45, 2.75) is 38.0 Å². The largest absolute Gasteiger partial charge is 0.320 e. The van der Waals surface area contributed by atoms with Crippen molar-refractivity contribution in [2.24, 2.45) is 10.9 Å². The van der Waals surface area contributed by atoms with Crippen LogP contribution in [-0.2, 0) is 5.41 Å². The van der Waals surface area contributed by atoms with Gasteiger partial charge in [0.2, 0.25) is 6.17 Å². The summed E-state index contributed by atoms with van der Waals surface area (Å²) < 4.78 is 2.44. The van der Waals surface area contributed by atoms with Gasteiger partial charge in [-0.3, -0.25) is 0 Å². The Morgan fingerprint density at radius 1 is 0.739 bits per heavy atom. The molecular formula is C42H37N4+. The summed E-state index contributed by atoms with van der Waals surface area (Å²) >= 11 is 0. The Hall–Kier alpha value is -5.19. The van der Waals surface area contributed by atoms with Gasteiger partial charge in [0.25, 0.3) is 0 Å². The van der Waals surface area contributed by atoms with Crippen molar-refractivity contribution in [1.82, 2.24) is 9.88 Å². The van der Waals surface area contributed by atoms with Crippen LogP contribution >= 0.6 is 0 Å². The molecule has 4 heteroatoms. The van der Waals surface area contributed by atoms with Crippen LogP contribution in [0.5, 0.6) is 0 Å². The number of nitrogens with two attached hydrogens (primary N) is 1. The first-order chi connectivity index (χ1) is 22.6. The molecule has 0 fully saturated rings. The van der Waals surface area contributed by atoms with E-state index >= 15 is 0 Å². The van der Waals surface area contributed by atoms with E-state index in [1.54, 1.807) is 0 Å². The van der Waals surface area contributed by atoms with E-state index in [0.29, 0.717) is 5.92 Å². The van der Waals surface area contributed by atoms with Gasteiger partial charge < -0.3 is 15.2 Å². The smallest absolute Gasteiger partial charge is 0.209 e. The number of hydrogen-bond donors (Lipinski definition) is 2. The molecule has 2 heterocycles. The molecule has 3 unspecified atom stereocenters. The van der Waals surface area contributed by atoms with E-state index in [0.717, 1.165) is 23.5 Å². The summed E-state index contributed by atoms with van der Waals surface area (Å²) in [6.45, 7) is 4.71. The van der Waals surface area contributed by atoms with Gasteiger partial charge in [0, 0.05) is 33.0 Å². The van der Waals surface area contributed by atoms with Crippen LogP contribution in [0.3, 0.4) is 0 Å². The highest BCUT2D eigenvalue weighted by Crippen LogP contribution is 2.50. The third-order valence-electron chi connectivity index (χ3n) is 10.4. The predicted molar refractivity (Wildman–Crippen MR) is 189 cm³/mol. The summed E-state index contributed by atoms with van der Waals surface area (Å²) in [5.74, 6) is 1.35. The molecule has 0 spiro atoms. The molecule has 1 aliphatic heterocycles. The zero-order valence-corrected chi connectivity index (χ0v) is 26.2. The standard InChI is InChI=1S/C42H36N4/c1-42(2)35-19-11-9-17-31(35)33-25-34-32-18-10-12-20-37(32)46(38(34)26-36(33)42)30-23-21-29(22-24-30)41-44-39(27-13-5-3-6-14-27)43-40(45-41)28-15-7-4-8-16-28/h3-15,17-26,28,39-40,43H,16H2,1-2H3,(H,44,45)/p+1. The van der Waals surface area contributed by atoms with E-state index in [2.05, 4.69) is 169 Å². The number of rotatable bonds is 4. The van der Waals surface area contributed by atoms with E-state index in [1.165, 1.54) is 49.6 Å². The van der Waals surface area contributed by atoms with Gasteiger partial charge in [0.15, 0.2) is 6.17 Å². The molecule has 3 aliphatic rings. The number of benzene rings is 5. The number of amidine groups is 1. The SMILES string of the molecule is CC1(C)c2ccccc2-c2cc3c4ccccc4n(-c4ccc(C5=NC(c6ccccc6)[NH2+]C(C6C=CC=CC6)N5)cc4)c3cc21. The second-order valence-electron chi connectivity index (χ2n) is 13.4. The molecular weight excluding hydrogens is 560 g/mol. The lowest BCUT2D eigenvalue weighted by Gasteiger charge is -2.32. The minimum absolute atomic E-state index is 0.00772. The number of quaternary nitrogens is 1. The molecule has 0 amide bonds. The molecule has 4 nitrogen and oxygen atoms in total. The van der Waals surface area contributed by atoms with Gasteiger partial charge in [0.05, 0.1) is 17.0 Å². The van der Waals surface area contributed by atoms with Gasteiger partial charge in [-0.1, -0.05) is 111 Å². The second kappa shape index (κ2) is 10.4. The van der Waals surface area contributed by atoms with Crippen LogP contribution < -0.4 is 10.6 Å². The van der Waals surface area contributed by atoms with Crippen molar-refractivity contribution >= 4 is 27.6 Å². The molecule has 0 saturated carbocycles. The Kier molecular flexibility index (Phi) is 6.16. The van der Waals surface area contributed by atoms with Crippen molar-refractivity contribution < 1.29 is 5.32 Å². The highest BCUT2D eigenvalue weighted by Gasteiger charge is 2.36. The normalized spacial score (nSPS) is 21.2. The molecule has 0 radical (unpaired) electrons. The van der Waals surface area contributed by atoms with Gasteiger partial charge in [-0.2, -0.15) is 0 Å². The number of fused-ring (bicyclic) bond motifs is 6. The third kappa shape index (κ3) is 4.21. The van der Waals surface area contributed by atoms with Crippen LogP contribution in [-0.4, -0.2) is 16.6 Å². The lowest BCUT2D eigenvalue weighted by atomic mass is 9.82. The van der Waals surface area contributed by atoms with E-state index in [9.17, 15) is 0 Å². The maximum atomic E-state index is 5.24. The van der Waals surface area contributed by atoms with Gasteiger partial charge in [-0.15, -0.1) is 0 Å². The van der Waals surface area contributed by atoms with Gasteiger partial charge in [0.1, 0.15) is 5.84 Å². The first kappa shape index (κ1) is 27.1. The Balaban J connectivity index is 1.14. The van der Waals surface area contributed by atoms with Crippen LogP contribution in [0.2, 0.25) is 0 Å². The number of aromatic nitrogens is 1. The Bertz CT molecular complexity index is 2220. The zero-order valence-electron chi connectivity index (χ0n) is 26.2. The number of aliphatic imine (C=N–C) groups is 1. The molecule has 46 heavy (non-hydrogen) atoms. The number of nitrogens with zero attached hydrogens (tertiary/aromatic N) is 2. The summed E-state index contributed by atoms with van der Waals surface area (Å²) in [5.41, 5.74) is 11.4. The van der Waals surface area contributed by atoms with Crippen LogP contribution in [0.25, 0.3) is 38.6 Å². The molecule has 0 saturated heterocycles. The molecule has 9 rings (SSSR count). The second-order valence-corrected chi connectivity index (χ2v) is 13.4. The van der Waals surface area contributed by atoms with E-state index in [1.807, 2.05) is 0 Å². The molecule has 2 aliphatic carbocycles. The highest BCUT2D eigenvalue weighted by molar-refractivity contribution is 6.11. The summed E-state index contributed by atoms with van der Waals surface area (Å²) in [6, 6.07) is 42.2. The fourth-order valence-electron chi connectivity index (χ4n) is 7.94. The quantitative estimate of drug-likeness (QED) is 0.212. The summed E-state index contributed by atoms with van der Waals surface area (Å²) in [7, 11) is 0. The van der Waals surface area contributed by atoms with Crippen LogP contribution in [0.4, 0.5) is 0 Å². The molecule has 224 valence electrons. The lowest BCUT2D eigenvalue weighted by molar-refractivity contribution is -0.737. The van der Waals surface area contributed by atoms with Crippen molar-refractivity contribution in [3.63, 3.8) is 0 Å². The van der Waals surface area contributed by atoms with Crippen LogP contribution in [0, 0.1) is 5.92 Å². The Morgan fingerprint density at radius 2 is 1.52 bits per heavy atom. The van der Waals surface area contributed by atoms with E-state index in [-0.39, 0.29) is 17.7 Å². The zero-order chi connectivity index (χ0) is 30.8. The topological polar surface area (TPSA) is 45.9 Å². The van der Waals surface area contributed by atoms with Gasteiger partial charge >= 0.3 is 0 Å². The molecule has 3 N–H and O–H groups in total. The van der Waals surface area contributed by atoms with Crippen molar-refractivity contribution in [3.05, 3.63) is 162 Å². The minimum atomic E-state index is -0.0534. The Morgan fingerprint density at radius 3 is 2.35 bits per heavy atom. The molecule has 5 aromatic carbocycles. The molecule has 6 aromatic rings. The first-order valence-electron chi connectivity index (χ1n) is 16.4. The third-order valence-corrected chi connectivity index (χ3v) is 10.4. The first-order valence-corrected chi connectivity index (χ1v) is 16.4. The summed E-state index contributed by atoms with van der Waals surface area (Å²) in [6.07, 6.45) is 10.1. The summed E-state index contributed by atoms with van der Waals surface area (Å²) in [5, 5.41) is 8.75. The van der Waals surface area contributed by atoms with Crippen molar-refractivity contribution in [2.75, 3.05) is 0 Å². The van der Waals surface area contributed by atoms with E-state index < -0.39 is 0 Å². The monoisotopic (exact) mass is 597 g/mol. The van der Waals surface area contributed by atoms with Gasteiger partial charge in [-0.25, -0.2) is 4.99 Å². The average Bonchev–Trinajstić information content (AvgIpc) is 3.56. The van der Waals surface area contributed by atoms with Crippen molar-refractivity contribution in [1.29, 1.82) is 0 Å². The maximum Gasteiger partial charge on any atom is 0.209 e. The number of nitrogens with one attached hydrogen (secondary N) is 1. The summed E-state index contributed by atoms with van der Waals surface area (Å²) in [4.78, 5) is 5.24. The lowest BCUT2D eigenvalue weighted by Crippen LogP contribution is -2.97. The van der Waals surface area contributed by atoms with Crippen LogP contribution in [0.15, 0.2) is 145 Å². The minimum Gasteiger partial charge on any atom is -0.320 e. The van der Waals surface area contributed by atoms with Crippen LogP contribution in [0.1, 0.15) is 48.7 Å². The molecule has 3 atom stereocenters. The number of hydrogen-bond acceptors (Lipinski definition) is 2. The van der Waals surface area contributed by atoms with Crippen molar-refractivity contribution in [3.8, 4) is 16.8 Å². The number of allylic oxidation sites excluding steroid dienone is 3. The molecule has 0 bridgehead atoms. The highest BCUT2D eigenvalue weighted by atomic mass is 15.3. The predicted octanol–water partition coefficient (Wildman–Crippen LogP) is 8.16. The fourth-order valence-corrected chi connectivity index (χ4v) is 7.94. The fraction of sp³-hybridized carbons (Fsp3) is 0.167. The number of para-hydroxylation sites is 1. The maximum absolute atomic E-state index is 5.24. The Labute approximate surface area is 269 Å². The average molecular weight is 598 g/mol. The van der Waals surface area contributed by atoms with E-state index in [4.69, 9.17) is 4.99 Å².